The minimum atomic E-state index is -3.56. The molecule has 2 heterocycles. The maximum absolute atomic E-state index is 12.7. The third-order valence-corrected chi connectivity index (χ3v) is 5.89. The lowest BCUT2D eigenvalue weighted by Crippen LogP contribution is -2.40. The van der Waals surface area contributed by atoms with E-state index in [9.17, 15) is 8.42 Å². The van der Waals surface area contributed by atoms with E-state index in [0.29, 0.717) is 12.1 Å². The lowest BCUT2D eigenvalue weighted by molar-refractivity contribution is 0.260. The zero-order chi connectivity index (χ0) is 16.4. The highest BCUT2D eigenvalue weighted by molar-refractivity contribution is 7.89. The first-order chi connectivity index (χ1) is 11.0. The molecule has 0 saturated carbocycles. The van der Waals surface area contributed by atoms with Crippen molar-refractivity contribution in [1.29, 1.82) is 0 Å². The summed E-state index contributed by atoms with van der Waals surface area (Å²) in [7, 11) is -3.56. The van der Waals surface area contributed by atoms with Gasteiger partial charge in [0.15, 0.2) is 0 Å². The molecule has 1 saturated heterocycles. The van der Waals surface area contributed by atoms with Crippen LogP contribution in [0.2, 0.25) is 0 Å². The summed E-state index contributed by atoms with van der Waals surface area (Å²) >= 11 is 0. The van der Waals surface area contributed by atoms with Crippen molar-refractivity contribution in [3.8, 4) is 0 Å². The first kappa shape index (κ1) is 16.4. The maximum atomic E-state index is 12.7. The number of para-hydroxylation sites is 1. The van der Waals surface area contributed by atoms with Crippen molar-refractivity contribution in [3.05, 3.63) is 36.0 Å². The number of hydrogen-bond donors (Lipinski definition) is 1. The molecule has 6 heteroatoms. The third-order valence-electron chi connectivity index (χ3n) is 4.43. The van der Waals surface area contributed by atoms with E-state index in [1.807, 2.05) is 19.1 Å². The van der Waals surface area contributed by atoms with Gasteiger partial charge in [0.1, 0.15) is 4.90 Å². The van der Waals surface area contributed by atoms with Crippen molar-refractivity contribution in [3.63, 3.8) is 0 Å². The summed E-state index contributed by atoms with van der Waals surface area (Å²) in [6.07, 6.45) is 4.10. The van der Waals surface area contributed by atoms with Crippen LogP contribution in [0.15, 0.2) is 35.4 Å². The van der Waals surface area contributed by atoms with Crippen LogP contribution >= 0.6 is 0 Å². The highest BCUT2D eigenvalue weighted by atomic mass is 32.2. The van der Waals surface area contributed by atoms with E-state index < -0.39 is 10.0 Å². The lowest BCUT2D eigenvalue weighted by atomic mass is 10.2. The molecule has 0 amide bonds. The van der Waals surface area contributed by atoms with Crippen LogP contribution in [0.5, 0.6) is 0 Å². The summed E-state index contributed by atoms with van der Waals surface area (Å²) in [4.78, 5) is 6.90. The molecule has 1 atom stereocenters. The Bertz CT molecular complexity index is 799. The normalized spacial score (nSPS) is 17.7. The Balaban J connectivity index is 1.82. The molecule has 2 aromatic rings. The van der Waals surface area contributed by atoms with Gasteiger partial charge in [-0.1, -0.05) is 12.1 Å². The number of fused-ring (bicyclic) bond motifs is 1. The minimum Gasteiger partial charge on any atom is -0.299 e. The minimum absolute atomic E-state index is 0.206. The van der Waals surface area contributed by atoms with Crippen molar-refractivity contribution in [2.24, 2.45) is 0 Å². The van der Waals surface area contributed by atoms with Crippen LogP contribution in [-0.4, -0.2) is 44.0 Å². The van der Waals surface area contributed by atoms with Gasteiger partial charge in [-0.3, -0.25) is 9.88 Å². The van der Waals surface area contributed by atoms with Gasteiger partial charge >= 0.3 is 0 Å². The number of pyridine rings is 1. The number of rotatable bonds is 5. The van der Waals surface area contributed by atoms with E-state index in [2.05, 4.69) is 21.5 Å². The Morgan fingerprint density at radius 2 is 2.04 bits per heavy atom. The van der Waals surface area contributed by atoms with Gasteiger partial charge in [0, 0.05) is 24.2 Å². The summed E-state index contributed by atoms with van der Waals surface area (Å²) < 4.78 is 28.1. The second-order valence-electron chi connectivity index (χ2n) is 6.28. The molecule has 124 valence electrons. The van der Waals surface area contributed by atoms with Gasteiger partial charge in [0.2, 0.25) is 10.0 Å². The fraction of sp³-hybridized carbons (Fsp3) is 0.471. The topological polar surface area (TPSA) is 62.3 Å². The molecule has 3 rings (SSSR count). The molecule has 1 aromatic carbocycles. The molecule has 0 aliphatic carbocycles. The van der Waals surface area contributed by atoms with Crippen LogP contribution in [0, 0.1) is 6.92 Å². The molecule has 0 spiro atoms. The van der Waals surface area contributed by atoms with Crippen molar-refractivity contribution in [1.82, 2.24) is 14.6 Å². The summed E-state index contributed by atoms with van der Waals surface area (Å²) in [5, 5.41) is 0.848. The molecular formula is C17H23N3O2S. The van der Waals surface area contributed by atoms with E-state index in [4.69, 9.17) is 0 Å². The predicted molar refractivity (Wildman–Crippen MR) is 91.9 cm³/mol. The fourth-order valence-electron chi connectivity index (χ4n) is 3.08. The van der Waals surface area contributed by atoms with Crippen molar-refractivity contribution in [2.45, 2.75) is 37.6 Å². The molecule has 0 radical (unpaired) electrons. The summed E-state index contributed by atoms with van der Waals surface area (Å²) in [6, 6.07) is 7.43. The Morgan fingerprint density at radius 3 is 2.78 bits per heavy atom. The molecule has 1 unspecified atom stereocenters. The van der Waals surface area contributed by atoms with Crippen molar-refractivity contribution < 1.29 is 8.42 Å². The van der Waals surface area contributed by atoms with E-state index in [0.717, 1.165) is 24.0 Å². The first-order valence-electron chi connectivity index (χ1n) is 8.06. The Hall–Kier alpha value is -1.50. The molecule has 0 bridgehead atoms. The number of hydrogen-bond acceptors (Lipinski definition) is 4. The van der Waals surface area contributed by atoms with Gasteiger partial charge in [-0.2, -0.15) is 0 Å². The van der Waals surface area contributed by atoms with Gasteiger partial charge in [0.25, 0.3) is 0 Å². The van der Waals surface area contributed by atoms with E-state index in [1.54, 1.807) is 18.3 Å². The second-order valence-corrected chi connectivity index (χ2v) is 8.02. The molecule has 1 aliphatic rings. The Morgan fingerprint density at radius 1 is 1.30 bits per heavy atom. The zero-order valence-electron chi connectivity index (χ0n) is 13.6. The highest BCUT2D eigenvalue weighted by Gasteiger charge is 2.22. The van der Waals surface area contributed by atoms with Gasteiger partial charge in [0.05, 0.1) is 5.52 Å². The average molecular weight is 333 g/mol. The van der Waals surface area contributed by atoms with Gasteiger partial charge in [-0.25, -0.2) is 13.1 Å². The first-order valence-corrected chi connectivity index (χ1v) is 9.55. The summed E-state index contributed by atoms with van der Waals surface area (Å²) in [6.45, 7) is 6.54. The SMILES string of the molecule is Cc1cnc2c(S(=O)(=O)NCC(C)N3CCCC3)cccc2c1. The molecule has 1 N–H and O–H groups in total. The van der Waals surface area contributed by atoms with Gasteiger partial charge < -0.3 is 0 Å². The van der Waals surface area contributed by atoms with Crippen LogP contribution in [-0.2, 0) is 10.0 Å². The smallest absolute Gasteiger partial charge is 0.242 e. The van der Waals surface area contributed by atoms with Crippen LogP contribution in [0.3, 0.4) is 0 Å². The molecule has 1 fully saturated rings. The van der Waals surface area contributed by atoms with Crippen molar-refractivity contribution in [2.75, 3.05) is 19.6 Å². The monoisotopic (exact) mass is 333 g/mol. The lowest BCUT2D eigenvalue weighted by Gasteiger charge is -2.23. The van der Waals surface area contributed by atoms with Crippen LogP contribution in [0.1, 0.15) is 25.3 Å². The van der Waals surface area contributed by atoms with Crippen molar-refractivity contribution >= 4 is 20.9 Å². The number of aryl methyl sites for hydroxylation is 1. The molecular weight excluding hydrogens is 310 g/mol. The second kappa shape index (κ2) is 6.55. The predicted octanol–water partition coefficient (Wildman–Crippen LogP) is 2.31. The van der Waals surface area contributed by atoms with E-state index >= 15 is 0 Å². The Kier molecular flexibility index (Phi) is 4.66. The van der Waals surface area contributed by atoms with E-state index in [-0.39, 0.29) is 10.9 Å². The number of likely N-dealkylation sites (tertiary alicyclic amines) is 1. The number of sulfonamides is 1. The Labute approximate surface area is 137 Å². The largest absolute Gasteiger partial charge is 0.299 e. The van der Waals surface area contributed by atoms with Crippen LogP contribution in [0.25, 0.3) is 10.9 Å². The molecule has 1 aromatic heterocycles. The number of nitrogens with zero attached hydrogens (tertiary/aromatic N) is 2. The van der Waals surface area contributed by atoms with Crippen LogP contribution < -0.4 is 4.72 Å². The number of benzene rings is 1. The highest BCUT2D eigenvalue weighted by Crippen LogP contribution is 2.21. The standard InChI is InChI=1S/C17H23N3O2S/c1-13-10-15-6-5-7-16(17(15)18-11-13)23(21,22)19-12-14(2)20-8-3-4-9-20/h5-7,10-11,14,19H,3-4,8-9,12H2,1-2H3. The van der Waals surface area contributed by atoms with Gasteiger partial charge in [-0.05, 0) is 57.5 Å². The van der Waals surface area contributed by atoms with E-state index in [1.165, 1.54) is 12.8 Å². The average Bonchev–Trinajstić information content (AvgIpc) is 3.06. The third kappa shape index (κ3) is 3.54. The molecule has 5 nitrogen and oxygen atoms in total. The summed E-state index contributed by atoms with van der Waals surface area (Å²) in [5.41, 5.74) is 1.54. The molecule has 1 aliphatic heterocycles. The maximum Gasteiger partial charge on any atom is 0.242 e. The summed E-state index contributed by atoms with van der Waals surface area (Å²) in [5.74, 6) is 0. The van der Waals surface area contributed by atoms with Gasteiger partial charge in [-0.15, -0.1) is 0 Å². The fourth-order valence-corrected chi connectivity index (χ4v) is 4.38. The van der Waals surface area contributed by atoms with Crippen LogP contribution in [0.4, 0.5) is 0 Å². The zero-order valence-corrected chi connectivity index (χ0v) is 14.4. The number of aromatic nitrogens is 1. The quantitative estimate of drug-likeness (QED) is 0.912. The molecule has 23 heavy (non-hydrogen) atoms. The number of nitrogens with one attached hydrogen (secondary N) is 1.